The first kappa shape index (κ1) is 37.5. The Balaban J connectivity index is 1.25. The van der Waals surface area contributed by atoms with E-state index in [1.54, 1.807) is 0 Å². The number of carbonyl (C=O) groups excluding carboxylic acids is 1. The molecular formula is C32H40O19. The molecule has 11 N–H and O–H groups in total. The second kappa shape index (κ2) is 15.0. The molecule has 4 aliphatic heterocycles. The molecule has 0 aliphatic carbocycles. The quantitative estimate of drug-likeness (QED) is 0.126. The molecule has 0 saturated carbocycles. The van der Waals surface area contributed by atoms with Crippen LogP contribution in [0.2, 0.25) is 0 Å². The summed E-state index contributed by atoms with van der Waals surface area (Å²) in [5.41, 5.74) is -0.0589. The van der Waals surface area contributed by atoms with Crippen LogP contribution in [-0.4, -0.2) is 167 Å². The van der Waals surface area contributed by atoms with Gasteiger partial charge in [-0.05, 0) is 24.6 Å². The molecule has 0 bridgehead atoms. The molecule has 4 heterocycles. The number of carbonyl (C=O) groups is 1. The fourth-order valence-corrected chi connectivity index (χ4v) is 6.28. The minimum Gasteiger partial charge on any atom is -0.508 e. The van der Waals surface area contributed by atoms with E-state index in [9.17, 15) is 61.0 Å². The van der Waals surface area contributed by atoms with E-state index in [0.717, 1.165) is 12.1 Å². The fraction of sp³-hybridized carbons (Fsp3) is 0.594. The lowest BCUT2D eigenvalue weighted by atomic mass is 9.92. The van der Waals surface area contributed by atoms with E-state index >= 15 is 0 Å². The Labute approximate surface area is 288 Å². The Morgan fingerprint density at radius 2 is 1.41 bits per heavy atom. The normalized spacial score (nSPS) is 41.5. The van der Waals surface area contributed by atoms with Crippen molar-refractivity contribution in [3.05, 3.63) is 47.5 Å². The number of hydrogen-bond acceptors (Lipinski definition) is 19. The van der Waals surface area contributed by atoms with E-state index in [1.807, 2.05) is 0 Å². The lowest BCUT2D eigenvalue weighted by Gasteiger charge is -2.47. The van der Waals surface area contributed by atoms with Gasteiger partial charge in [0, 0.05) is 12.1 Å². The molecule has 282 valence electrons. The molecule has 0 spiro atoms. The molecule has 19 nitrogen and oxygen atoms in total. The highest BCUT2D eigenvalue weighted by atomic mass is 16.8. The van der Waals surface area contributed by atoms with Crippen molar-refractivity contribution in [3.63, 3.8) is 0 Å². The third kappa shape index (κ3) is 7.36. The largest absolute Gasteiger partial charge is 0.508 e. The topological polar surface area (TPSA) is 304 Å². The number of aromatic hydroxyl groups is 3. The van der Waals surface area contributed by atoms with Gasteiger partial charge in [0.25, 0.3) is 0 Å². The van der Waals surface area contributed by atoms with Crippen LogP contribution in [0.5, 0.6) is 23.0 Å². The van der Waals surface area contributed by atoms with E-state index in [-0.39, 0.29) is 23.7 Å². The highest BCUT2D eigenvalue weighted by Crippen LogP contribution is 2.44. The van der Waals surface area contributed by atoms with Crippen LogP contribution in [0.15, 0.2) is 36.4 Å². The van der Waals surface area contributed by atoms with Crippen LogP contribution in [0, 0.1) is 0 Å². The van der Waals surface area contributed by atoms with Gasteiger partial charge in [0.05, 0.1) is 19.3 Å². The van der Waals surface area contributed by atoms with Crippen LogP contribution in [0.4, 0.5) is 0 Å². The zero-order valence-corrected chi connectivity index (χ0v) is 26.8. The number of aliphatic hydroxyl groups is 8. The van der Waals surface area contributed by atoms with Crippen molar-refractivity contribution in [1.29, 1.82) is 0 Å². The molecule has 6 rings (SSSR count). The zero-order valence-electron chi connectivity index (χ0n) is 26.8. The van der Waals surface area contributed by atoms with E-state index in [0.29, 0.717) is 5.56 Å². The maximum atomic E-state index is 13.9. The molecule has 0 aromatic heterocycles. The van der Waals surface area contributed by atoms with Crippen LogP contribution in [0.3, 0.4) is 0 Å². The van der Waals surface area contributed by atoms with Crippen molar-refractivity contribution in [2.45, 2.75) is 105 Å². The van der Waals surface area contributed by atoms with Gasteiger partial charge in [-0.25, -0.2) is 0 Å². The van der Waals surface area contributed by atoms with Gasteiger partial charge in [-0.2, -0.15) is 0 Å². The standard InChI is InChI=1S/C32H40O19/c1-10-19(37)24(42)29(51-31-26(44)23(41)21(39)17(49-31)9-46-30-25(43)20(38)15(36)8-45-30)32(47-10)50-28-22(40)18-14(35)6-13(34)7-16(18)48-27(28)11-2-4-12(33)5-3-11/h2-7,10,15,17,19-21,23-39,41-44H,8-9H2,1H3/t10-,15+,17+,19-,20-,21+,23-,24+,25+,26+,27-,28-,29+,30-,31-,32-/m0/s1. The number of hydrogen-bond donors (Lipinski definition) is 11. The van der Waals surface area contributed by atoms with Gasteiger partial charge < -0.3 is 89.3 Å². The van der Waals surface area contributed by atoms with Gasteiger partial charge in [0.15, 0.2) is 31.1 Å². The Morgan fingerprint density at radius 1 is 0.725 bits per heavy atom. The summed E-state index contributed by atoms with van der Waals surface area (Å²) in [6.45, 7) is 0.388. The average Bonchev–Trinajstić information content (AvgIpc) is 3.09. The van der Waals surface area contributed by atoms with E-state index < -0.39 is 122 Å². The highest BCUT2D eigenvalue weighted by Gasteiger charge is 2.53. The number of benzene rings is 2. The fourth-order valence-electron chi connectivity index (χ4n) is 6.28. The molecule has 4 aliphatic rings. The number of phenolic OH excluding ortho intramolecular Hbond substituents is 3. The third-order valence-corrected chi connectivity index (χ3v) is 9.23. The monoisotopic (exact) mass is 728 g/mol. The minimum atomic E-state index is -1.98. The van der Waals surface area contributed by atoms with Crippen molar-refractivity contribution in [1.82, 2.24) is 0 Å². The van der Waals surface area contributed by atoms with E-state index in [1.165, 1.54) is 31.2 Å². The summed E-state index contributed by atoms with van der Waals surface area (Å²) in [6.07, 6.45) is -26.3. The lowest BCUT2D eigenvalue weighted by Crippen LogP contribution is -2.65. The number of phenols is 3. The van der Waals surface area contributed by atoms with Gasteiger partial charge in [-0.3, -0.25) is 4.79 Å². The Morgan fingerprint density at radius 3 is 2.12 bits per heavy atom. The minimum absolute atomic E-state index is 0.107. The summed E-state index contributed by atoms with van der Waals surface area (Å²) in [5.74, 6) is -2.18. The molecule has 0 radical (unpaired) electrons. The number of fused-ring (bicyclic) bond motifs is 1. The Bertz CT molecular complexity index is 1520. The SMILES string of the molecule is C[C@@H]1O[C@@H](O[C@H]2C(=O)c3c(O)cc(O)cc3O[C@H]2c2ccc(O)cc2)[C@H](O[C@@H]2O[C@H](CO[C@@H]3OC[C@@H](O)[C@H](O)[C@H]3O)[C@@H](O)[C@H](O)[C@H]2O)[C@H](O)[C@H]1O. The second-order valence-corrected chi connectivity index (χ2v) is 12.8. The molecule has 3 saturated heterocycles. The lowest BCUT2D eigenvalue weighted by molar-refractivity contribution is -0.372. The van der Waals surface area contributed by atoms with Crippen molar-refractivity contribution < 1.29 is 94.1 Å². The van der Waals surface area contributed by atoms with E-state index in [4.69, 9.17) is 33.2 Å². The number of Topliss-reactive ketones (excluding diaryl/α,β-unsaturated/α-hetero) is 1. The third-order valence-electron chi connectivity index (χ3n) is 9.23. The summed E-state index contributed by atoms with van der Waals surface area (Å²) in [4.78, 5) is 13.9. The maximum Gasteiger partial charge on any atom is 0.203 e. The molecule has 0 amide bonds. The van der Waals surface area contributed by atoms with Crippen LogP contribution < -0.4 is 4.74 Å². The predicted octanol–water partition coefficient (Wildman–Crippen LogP) is -3.38. The van der Waals surface area contributed by atoms with Gasteiger partial charge >= 0.3 is 0 Å². The molecule has 0 unspecified atom stereocenters. The first-order chi connectivity index (χ1) is 24.2. The number of aliphatic hydroxyl groups excluding tert-OH is 8. The van der Waals surface area contributed by atoms with Crippen LogP contribution in [0.1, 0.15) is 28.9 Å². The molecule has 51 heavy (non-hydrogen) atoms. The summed E-state index contributed by atoms with van der Waals surface area (Å²) >= 11 is 0. The Kier molecular flexibility index (Phi) is 11.0. The molecule has 2 aromatic carbocycles. The summed E-state index contributed by atoms with van der Waals surface area (Å²) in [5, 5.41) is 114. The molecule has 16 atom stereocenters. The summed E-state index contributed by atoms with van der Waals surface area (Å²) < 4.78 is 40.0. The predicted molar refractivity (Wildman–Crippen MR) is 162 cm³/mol. The van der Waals surface area contributed by atoms with E-state index in [2.05, 4.69) is 0 Å². The van der Waals surface area contributed by atoms with Gasteiger partial charge in [0.2, 0.25) is 5.78 Å². The summed E-state index contributed by atoms with van der Waals surface area (Å²) in [6, 6.07) is 7.50. The molecule has 2 aromatic rings. The number of ether oxygens (including phenoxy) is 7. The maximum absolute atomic E-state index is 13.9. The smallest absolute Gasteiger partial charge is 0.203 e. The zero-order chi connectivity index (χ0) is 36.9. The molecule has 19 heteroatoms. The number of rotatable bonds is 8. The second-order valence-electron chi connectivity index (χ2n) is 12.8. The average molecular weight is 729 g/mol. The van der Waals surface area contributed by atoms with Gasteiger partial charge in [-0.15, -0.1) is 0 Å². The highest BCUT2D eigenvalue weighted by molar-refractivity contribution is 6.05. The van der Waals surface area contributed by atoms with Crippen LogP contribution >= 0.6 is 0 Å². The summed E-state index contributed by atoms with van der Waals surface area (Å²) in [7, 11) is 0. The first-order valence-corrected chi connectivity index (χ1v) is 16.0. The van der Waals surface area contributed by atoms with Crippen LogP contribution in [-0.2, 0) is 28.4 Å². The molecular weight excluding hydrogens is 688 g/mol. The van der Waals surface area contributed by atoms with Gasteiger partial charge in [0.1, 0.15) is 89.6 Å². The van der Waals surface area contributed by atoms with Crippen molar-refractivity contribution >= 4 is 5.78 Å². The van der Waals surface area contributed by atoms with Crippen molar-refractivity contribution in [3.8, 4) is 23.0 Å². The van der Waals surface area contributed by atoms with Crippen molar-refractivity contribution in [2.75, 3.05) is 13.2 Å². The van der Waals surface area contributed by atoms with Crippen molar-refractivity contribution in [2.24, 2.45) is 0 Å². The number of ketones is 1. The first-order valence-electron chi connectivity index (χ1n) is 16.0. The molecule has 3 fully saturated rings. The van der Waals surface area contributed by atoms with Gasteiger partial charge in [-0.1, -0.05) is 12.1 Å². The Hall–Kier alpha value is -3.25. The van der Waals surface area contributed by atoms with Crippen LogP contribution in [0.25, 0.3) is 0 Å².